The molecule has 1 aromatic heterocycles. The number of H-pyrrole nitrogens is 1. The molecule has 1 unspecified atom stereocenters. The van der Waals surface area contributed by atoms with Crippen molar-refractivity contribution in [3.8, 4) is 17.3 Å². The number of aromatic hydroxyl groups is 1. The first-order chi connectivity index (χ1) is 14.0. The Kier molecular flexibility index (Phi) is 4.85. The summed E-state index contributed by atoms with van der Waals surface area (Å²) in [6, 6.07) is 13.6. The van der Waals surface area contributed by atoms with Crippen molar-refractivity contribution in [1.82, 2.24) is 15.0 Å². The lowest BCUT2D eigenvalue weighted by Gasteiger charge is -2.12. The Morgan fingerprint density at radius 1 is 1.14 bits per heavy atom. The molecule has 3 aromatic rings. The summed E-state index contributed by atoms with van der Waals surface area (Å²) in [5, 5.41) is 15.5. The Labute approximate surface area is 170 Å². The number of methoxy groups -OCH3 is 1. The van der Waals surface area contributed by atoms with Gasteiger partial charge >= 0.3 is 5.69 Å². The fraction of sp³-hybridized carbons (Fsp3) is 0.150. The molecule has 9 heteroatoms. The second-order valence-corrected chi connectivity index (χ2v) is 6.92. The lowest BCUT2D eigenvalue weighted by atomic mass is 10.00. The normalized spacial score (nSPS) is 15.7. The topological polar surface area (TPSA) is 109 Å². The van der Waals surface area contributed by atoms with Crippen LogP contribution in [0.15, 0.2) is 63.2 Å². The monoisotopic (exact) mass is 412 g/mol. The molecule has 29 heavy (non-hydrogen) atoms. The van der Waals surface area contributed by atoms with E-state index in [4.69, 9.17) is 16.3 Å². The first kappa shape index (κ1) is 18.8. The number of nitrogens with one attached hydrogen (secondary N) is 2. The van der Waals surface area contributed by atoms with Gasteiger partial charge in [0.15, 0.2) is 0 Å². The van der Waals surface area contributed by atoms with Gasteiger partial charge in [0.1, 0.15) is 11.3 Å². The summed E-state index contributed by atoms with van der Waals surface area (Å²) < 4.78 is 6.17. The highest BCUT2D eigenvalue weighted by molar-refractivity contribution is 6.30. The highest BCUT2D eigenvalue weighted by atomic mass is 35.5. The van der Waals surface area contributed by atoms with E-state index >= 15 is 0 Å². The minimum absolute atomic E-state index is 0.0527. The maximum Gasteiger partial charge on any atom is 0.335 e. The maximum absolute atomic E-state index is 12.4. The fourth-order valence-corrected chi connectivity index (χ4v) is 3.37. The van der Waals surface area contributed by atoms with Gasteiger partial charge in [-0.3, -0.25) is 9.78 Å². The molecule has 4 rings (SSSR count). The largest absolute Gasteiger partial charge is 0.497 e. The standard InChI is InChI=1S/C20H17ClN4O4/c1-29-14-8-2-11(3-9-14)15-10-16(24-23-15)17-18(26)22-20(28)25(19(17)27)13-6-4-12(21)5-7-13/h2-9,15,23,27H,10H2,1H3,(H,22,26,28). The van der Waals surface area contributed by atoms with E-state index < -0.39 is 17.1 Å². The van der Waals surface area contributed by atoms with Gasteiger partial charge in [0.05, 0.1) is 24.6 Å². The molecule has 1 aliphatic heterocycles. The molecule has 0 aliphatic carbocycles. The summed E-state index contributed by atoms with van der Waals surface area (Å²) in [5.74, 6) is 0.258. The summed E-state index contributed by atoms with van der Waals surface area (Å²) in [5.41, 5.74) is 3.14. The highest BCUT2D eigenvalue weighted by Gasteiger charge is 2.27. The number of rotatable bonds is 4. The average molecular weight is 413 g/mol. The van der Waals surface area contributed by atoms with Gasteiger partial charge in [-0.1, -0.05) is 23.7 Å². The molecule has 8 nitrogen and oxygen atoms in total. The second kappa shape index (κ2) is 7.48. The maximum atomic E-state index is 12.4. The summed E-state index contributed by atoms with van der Waals surface area (Å²) in [4.78, 5) is 27.0. The third-order valence-electron chi connectivity index (χ3n) is 4.73. The van der Waals surface area contributed by atoms with Crippen molar-refractivity contribution >= 4 is 17.3 Å². The molecule has 2 heterocycles. The molecule has 1 aliphatic rings. The van der Waals surface area contributed by atoms with Crippen molar-refractivity contribution in [3.05, 3.63) is 85.5 Å². The van der Waals surface area contributed by atoms with Crippen LogP contribution in [0.5, 0.6) is 11.6 Å². The van der Waals surface area contributed by atoms with Crippen molar-refractivity contribution in [3.63, 3.8) is 0 Å². The number of nitrogens with zero attached hydrogens (tertiary/aromatic N) is 2. The van der Waals surface area contributed by atoms with E-state index in [0.717, 1.165) is 15.9 Å². The summed E-state index contributed by atoms with van der Waals surface area (Å²) in [7, 11) is 1.59. The van der Waals surface area contributed by atoms with Gasteiger partial charge in [0, 0.05) is 11.4 Å². The molecule has 148 valence electrons. The van der Waals surface area contributed by atoms with Gasteiger partial charge in [-0.25, -0.2) is 9.36 Å². The van der Waals surface area contributed by atoms with Gasteiger partial charge in [-0.05, 0) is 42.0 Å². The van der Waals surface area contributed by atoms with E-state index in [2.05, 4.69) is 15.5 Å². The van der Waals surface area contributed by atoms with Gasteiger partial charge in [-0.2, -0.15) is 5.10 Å². The molecule has 2 aromatic carbocycles. The third-order valence-corrected chi connectivity index (χ3v) is 4.98. The zero-order valence-corrected chi connectivity index (χ0v) is 16.1. The molecule has 1 atom stereocenters. The van der Waals surface area contributed by atoms with Crippen molar-refractivity contribution in [2.45, 2.75) is 12.5 Å². The Morgan fingerprint density at radius 3 is 2.48 bits per heavy atom. The molecular weight excluding hydrogens is 396 g/mol. The van der Waals surface area contributed by atoms with Crippen LogP contribution >= 0.6 is 11.6 Å². The van der Waals surface area contributed by atoms with E-state index in [1.54, 1.807) is 31.4 Å². The number of aromatic amines is 1. The van der Waals surface area contributed by atoms with Crippen LogP contribution in [0.3, 0.4) is 0 Å². The van der Waals surface area contributed by atoms with E-state index in [9.17, 15) is 14.7 Å². The van der Waals surface area contributed by atoms with Gasteiger partial charge in [0.25, 0.3) is 5.56 Å². The Morgan fingerprint density at radius 2 is 1.83 bits per heavy atom. The van der Waals surface area contributed by atoms with E-state index in [0.29, 0.717) is 22.8 Å². The number of hydrogen-bond donors (Lipinski definition) is 3. The van der Waals surface area contributed by atoms with Crippen LogP contribution in [0, 0.1) is 0 Å². The lowest BCUT2D eigenvalue weighted by molar-refractivity contribution is 0.414. The van der Waals surface area contributed by atoms with Gasteiger partial charge < -0.3 is 15.3 Å². The molecule has 0 fully saturated rings. The van der Waals surface area contributed by atoms with Crippen molar-refractivity contribution in [2.24, 2.45) is 5.10 Å². The predicted octanol–water partition coefficient (Wildman–Crippen LogP) is 2.33. The lowest BCUT2D eigenvalue weighted by Crippen LogP contribution is -2.33. The second-order valence-electron chi connectivity index (χ2n) is 6.49. The smallest absolute Gasteiger partial charge is 0.335 e. The Bertz CT molecular complexity index is 1200. The van der Waals surface area contributed by atoms with Crippen molar-refractivity contribution in [1.29, 1.82) is 0 Å². The van der Waals surface area contributed by atoms with E-state index in [1.165, 1.54) is 0 Å². The Balaban J connectivity index is 1.70. The van der Waals surface area contributed by atoms with Crippen LogP contribution in [-0.2, 0) is 0 Å². The summed E-state index contributed by atoms with van der Waals surface area (Å²) in [6.07, 6.45) is 0.363. The highest BCUT2D eigenvalue weighted by Crippen LogP contribution is 2.28. The predicted molar refractivity (Wildman–Crippen MR) is 109 cm³/mol. The zero-order valence-electron chi connectivity index (χ0n) is 15.3. The molecule has 0 amide bonds. The van der Waals surface area contributed by atoms with Crippen LogP contribution in [-0.4, -0.2) is 27.5 Å². The molecule has 3 N–H and O–H groups in total. The summed E-state index contributed by atoms with van der Waals surface area (Å²) >= 11 is 5.89. The molecular formula is C20H17ClN4O4. The molecule has 0 saturated carbocycles. The summed E-state index contributed by atoms with van der Waals surface area (Å²) in [6.45, 7) is 0. The van der Waals surface area contributed by atoms with Crippen LogP contribution < -0.4 is 21.4 Å². The van der Waals surface area contributed by atoms with Crippen molar-refractivity contribution < 1.29 is 9.84 Å². The quantitative estimate of drug-likeness (QED) is 0.609. The zero-order chi connectivity index (χ0) is 20.5. The number of halogens is 1. The fourth-order valence-electron chi connectivity index (χ4n) is 3.24. The first-order valence-electron chi connectivity index (χ1n) is 8.78. The SMILES string of the molecule is COc1ccc(C2CC(c3c(O)n(-c4ccc(Cl)cc4)c(=O)[nH]c3=O)=NN2)cc1. The van der Waals surface area contributed by atoms with Crippen LogP contribution in [0.2, 0.25) is 5.02 Å². The average Bonchev–Trinajstić information content (AvgIpc) is 3.19. The number of benzene rings is 2. The van der Waals surface area contributed by atoms with Gasteiger partial charge in [0.2, 0.25) is 5.88 Å². The van der Waals surface area contributed by atoms with E-state index in [1.807, 2.05) is 24.3 Å². The minimum atomic E-state index is -0.753. The number of hydrogen-bond acceptors (Lipinski definition) is 6. The molecule has 0 saturated heterocycles. The molecule has 0 spiro atoms. The van der Waals surface area contributed by atoms with Crippen molar-refractivity contribution in [2.75, 3.05) is 7.11 Å². The first-order valence-corrected chi connectivity index (χ1v) is 9.16. The number of aromatic nitrogens is 2. The molecule has 0 radical (unpaired) electrons. The number of hydrazone groups is 1. The minimum Gasteiger partial charge on any atom is -0.497 e. The number of ether oxygens (including phenoxy) is 1. The Hall–Kier alpha value is -3.52. The van der Waals surface area contributed by atoms with E-state index in [-0.39, 0.29) is 11.6 Å². The van der Waals surface area contributed by atoms with Crippen LogP contribution in [0.4, 0.5) is 0 Å². The van der Waals surface area contributed by atoms with Crippen LogP contribution in [0.25, 0.3) is 5.69 Å². The third kappa shape index (κ3) is 3.50. The van der Waals surface area contributed by atoms with Gasteiger partial charge in [-0.15, -0.1) is 0 Å². The molecule has 0 bridgehead atoms. The van der Waals surface area contributed by atoms with Crippen LogP contribution in [0.1, 0.15) is 23.6 Å².